The molecule has 2 atom stereocenters. The highest BCUT2D eigenvalue weighted by Crippen LogP contribution is 2.49. The Morgan fingerprint density at radius 3 is 2.25 bits per heavy atom. The summed E-state index contributed by atoms with van der Waals surface area (Å²) in [5.41, 5.74) is -0.0148. The van der Waals surface area contributed by atoms with Gasteiger partial charge in [0.2, 0.25) is 10.0 Å². The minimum absolute atomic E-state index is 0.0148. The molecule has 1 rings (SSSR count). The number of rotatable bonds is 6. The molecule has 0 heterocycles. The van der Waals surface area contributed by atoms with Crippen molar-refractivity contribution in [2.45, 2.75) is 52.2 Å². The summed E-state index contributed by atoms with van der Waals surface area (Å²) in [7, 11) is -3.12. The highest BCUT2D eigenvalue weighted by Gasteiger charge is 2.54. The molecule has 4 nitrogen and oxygen atoms in total. The second-order valence-corrected chi connectivity index (χ2v) is 6.34. The van der Waals surface area contributed by atoms with Gasteiger partial charge in [-0.05, 0) is 26.2 Å². The Morgan fingerprint density at radius 2 is 1.88 bits per heavy atom. The van der Waals surface area contributed by atoms with E-state index in [-0.39, 0.29) is 17.6 Å². The van der Waals surface area contributed by atoms with Crippen molar-refractivity contribution in [3.8, 4) is 0 Å². The first-order valence-corrected chi connectivity index (χ1v) is 7.87. The SMILES string of the molecule is CCO[C@@H]1C[C@H](NS(C)(=O)=O)C1(CC)CC. The van der Waals surface area contributed by atoms with E-state index in [1.807, 2.05) is 6.92 Å². The van der Waals surface area contributed by atoms with Gasteiger partial charge in [-0.1, -0.05) is 13.8 Å². The molecule has 0 radical (unpaired) electrons. The van der Waals surface area contributed by atoms with Crippen molar-refractivity contribution in [3.05, 3.63) is 0 Å². The van der Waals surface area contributed by atoms with Gasteiger partial charge in [-0.15, -0.1) is 0 Å². The number of hydrogen-bond donors (Lipinski definition) is 1. The highest BCUT2D eigenvalue weighted by atomic mass is 32.2. The minimum atomic E-state index is -3.12. The Morgan fingerprint density at radius 1 is 1.31 bits per heavy atom. The summed E-state index contributed by atoms with van der Waals surface area (Å²) in [6.45, 7) is 6.88. The smallest absolute Gasteiger partial charge is 0.208 e. The van der Waals surface area contributed by atoms with E-state index in [4.69, 9.17) is 4.74 Å². The van der Waals surface area contributed by atoms with Gasteiger partial charge < -0.3 is 4.74 Å². The molecule has 0 aromatic heterocycles. The van der Waals surface area contributed by atoms with Crippen LogP contribution < -0.4 is 4.72 Å². The summed E-state index contributed by atoms with van der Waals surface area (Å²) in [6.07, 6.45) is 4.11. The van der Waals surface area contributed by atoms with Gasteiger partial charge in [0, 0.05) is 18.1 Å². The topological polar surface area (TPSA) is 55.4 Å². The quantitative estimate of drug-likeness (QED) is 0.776. The van der Waals surface area contributed by atoms with E-state index >= 15 is 0 Å². The fraction of sp³-hybridized carbons (Fsp3) is 1.00. The van der Waals surface area contributed by atoms with Gasteiger partial charge in [-0.3, -0.25) is 0 Å². The Bertz CT molecular complexity index is 322. The molecule has 5 heteroatoms. The molecule has 16 heavy (non-hydrogen) atoms. The molecule has 1 N–H and O–H groups in total. The maximum atomic E-state index is 11.3. The number of ether oxygens (including phenoxy) is 1. The van der Waals surface area contributed by atoms with E-state index in [1.54, 1.807) is 0 Å². The second-order valence-electron chi connectivity index (χ2n) is 4.56. The molecule has 0 aromatic carbocycles. The first-order valence-electron chi connectivity index (χ1n) is 5.98. The summed E-state index contributed by atoms with van der Waals surface area (Å²) < 4.78 is 30.9. The van der Waals surface area contributed by atoms with Crippen LogP contribution in [0.25, 0.3) is 0 Å². The van der Waals surface area contributed by atoms with Crippen LogP contribution in [-0.4, -0.2) is 33.4 Å². The predicted octanol–water partition coefficient (Wildman–Crippen LogP) is 1.52. The Labute approximate surface area is 98.8 Å². The van der Waals surface area contributed by atoms with Crippen LogP contribution in [0.4, 0.5) is 0 Å². The molecule has 0 bridgehead atoms. The van der Waals surface area contributed by atoms with Crippen molar-refractivity contribution in [3.63, 3.8) is 0 Å². The summed E-state index contributed by atoms with van der Waals surface area (Å²) in [6, 6.07) is 0.0362. The van der Waals surface area contributed by atoms with Crippen molar-refractivity contribution < 1.29 is 13.2 Å². The van der Waals surface area contributed by atoms with Crippen LogP contribution in [-0.2, 0) is 14.8 Å². The zero-order chi connectivity index (χ0) is 12.4. The normalized spacial score (nSPS) is 28.8. The molecule has 1 fully saturated rings. The average molecular weight is 249 g/mol. The zero-order valence-electron chi connectivity index (χ0n) is 10.6. The van der Waals surface area contributed by atoms with Crippen molar-refractivity contribution in [2.24, 2.45) is 5.41 Å². The summed E-state index contributed by atoms with van der Waals surface area (Å²) in [5, 5.41) is 0. The average Bonchev–Trinajstić information content (AvgIpc) is 2.16. The zero-order valence-corrected chi connectivity index (χ0v) is 11.4. The maximum Gasteiger partial charge on any atom is 0.208 e. The lowest BCUT2D eigenvalue weighted by Gasteiger charge is -2.55. The number of nitrogens with one attached hydrogen (secondary N) is 1. The lowest BCUT2D eigenvalue weighted by atomic mass is 9.59. The van der Waals surface area contributed by atoms with Crippen LogP contribution in [0.3, 0.4) is 0 Å². The van der Waals surface area contributed by atoms with E-state index < -0.39 is 10.0 Å². The maximum absolute atomic E-state index is 11.3. The fourth-order valence-corrected chi connectivity index (χ4v) is 3.65. The third-order valence-electron chi connectivity index (χ3n) is 3.83. The van der Waals surface area contributed by atoms with Crippen molar-refractivity contribution in [2.75, 3.05) is 12.9 Å². The molecule has 0 aliphatic heterocycles. The van der Waals surface area contributed by atoms with Crippen LogP contribution in [0.1, 0.15) is 40.0 Å². The number of sulfonamides is 1. The van der Waals surface area contributed by atoms with E-state index in [2.05, 4.69) is 18.6 Å². The van der Waals surface area contributed by atoms with E-state index in [1.165, 1.54) is 6.26 Å². The molecule has 0 saturated heterocycles. The van der Waals surface area contributed by atoms with Crippen molar-refractivity contribution in [1.82, 2.24) is 4.72 Å². The molecule has 0 unspecified atom stereocenters. The van der Waals surface area contributed by atoms with E-state index in [0.29, 0.717) is 6.61 Å². The third kappa shape index (κ3) is 2.57. The fourth-order valence-electron chi connectivity index (χ4n) is 2.80. The van der Waals surface area contributed by atoms with Crippen LogP contribution in [0.2, 0.25) is 0 Å². The van der Waals surface area contributed by atoms with Gasteiger partial charge in [0.05, 0.1) is 12.4 Å². The Balaban J connectivity index is 2.75. The molecular formula is C11H23NO3S. The predicted molar refractivity (Wildman–Crippen MR) is 64.8 cm³/mol. The third-order valence-corrected chi connectivity index (χ3v) is 4.54. The van der Waals surface area contributed by atoms with Crippen LogP contribution >= 0.6 is 0 Å². The van der Waals surface area contributed by atoms with Gasteiger partial charge in [0.25, 0.3) is 0 Å². The monoisotopic (exact) mass is 249 g/mol. The molecule has 0 aromatic rings. The van der Waals surface area contributed by atoms with Crippen LogP contribution in [0.15, 0.2) is 0 Å². The Kier molecular flexibility index (Phi) is 4.37. The van der Waals surface area contributed by atoms with Crippen molar-refractivity contribution in [1.29, 1.82) is 0 Å². The van der Waals surface area contributed by atoms with Crippen LogP contribution in [0.5, 0.6) is 0 Å². The van der Waals surface area contributed by atoms with Gasteiger partial charge >= 0.3 is 0 Å². The van der Waals surface area contributed by atoms with E-state index in [9.17, 15) is 8.42 Å². The largest absolute Gasteiger partial charge is 0.378 e. The van der Waals surface area contributed by atoms with Crippen LogP contribution in [0, 0.1) is 5.41 Å². The summed E-state index contributed by atoms with van der Waals surface area (Å²) >= 11 is 0. The molecule has 0 spiro atoms. The number of hydrogen-bond acceptors (Lipinski definition) is 3. The molecule has 1 aliphatic carbocycles. The van der Waals surface area contributed by atoms with E-state index in [0.717, 1.165) is 19.3 Å². The highest BCUT2D eigenvalue weighted by molar-refractivity contribution is 7.88. The molecule has 1 aliphatic rings. The lowest BCUT2D eigenvalue weighted by Crippen LogP contribution is -2.64. The van der Waals surface area contributed by atoms with Gasteiger partial charge in [-0.25, -0.2) is 13.1 Å². The van der Waals surface area contributed by atoms with Gasteiger partial charge in [-0.2, -0.15) is 0 Å². The van der Waals surface area contributed by atoms with Gasteiger partial charge in [0.15, 0.2) is 0 Å². The second kappa shape index (κ2) is 5.02. The molecule has 1 saturated carbocycles. The molecule has 0 amide bonds. The lowest BCUT2D eigenvalue weighted by molar-refractivity contribution is -0.132. The van der Waals surface area contributed by atoms with Gasteiger partial charge in [0.1, 0.15) is 0 Å². The summed E-state index contributed by atoms with van der Waals surface area (Å²) in [4.78, 5) is 0. The molecule has 96 valence electrons. The first-order chi connectivity index (χ1) is 7.39. The summed E-state index contributed by atoms with van der Waals surface area (Å²) in [5.74, 6) is 0. The van der Waals surface area contributed by atoms with Crippen molar-refractivity contribution >= 4 is 10.0 Å². The Hall–Kier alpha value is -0.130. The minimum Gasteiger partial charge on any atom is -0.378 e. The first kappa shape index (κ1) is 13.9. The standard InChI is InChI=1S/C11H23NO3S/c1-5-11(6-2)9(12-16(4,13)14)8-10(11)15-7-3/h9-10,12H,5-8H2,1-4H3/t9-,10+/m0/s1. The molecular weight excluding hydrogens is 226 g/mol.